The van der Waals surface area contributed by atoms with E-state index in [0.717, 1.165) is 17.3 Å². The number of nitrogens with zero attached hydrogens (tertiary/aromatic N) is 4. The van der Waals surface area contributed by atoms with E-state index in [4.69, 9.17) is 4.42 Å². The minimum absolute atomic E-state index is 0.178. The fourth-order valence-corrected chi connectivity index (χ4v) is 2.41. The van der Waals surface area contributed by atoms with E-state index >= 15 is 0 Å². The number of carbonyl (C=O) groups excluding carboxylic acids is 2. The first-order chi connectivity index (χ1) is 9.99. The van der Waals surface area contributed by atoms with Crippen molar-refractivity contribution in [3.05, 3.63) is 24.5 Å². The molecule has 1 amide bonds. The van der Waals surface area contributed by atoms with E-state index in [-0.39, 0.29) is 16.9 Å². The van der Waals surface area contributed by atoms with Crippen LogP contribution < -0.4 is 0 Å². The molecule has 0 aliphatic carbocycles. The van der Waals surface area contributed by atoms with Crippen molar-refractivity contribution in [2.75, 3.05) is 14.1 Å². The molecule has 8 heteroatoms. The number of aromatic nitrogens is 3. The monoisotopic (exact) mass is 306 g/mol. The lowest BCUT2D eigenvalue weighted by molar-refractivity contribution is -0.132. The van der Waals surface area contributed by atoms with Gasteiger partial charge in [0.15, 0.2) is 11.0 Å². The third-order valence-electron chi connectivity index (χ3n) is 2.59. The molecule has 2 aromatic rings. The highest BCUT2D eigenvalue weighted by Gasteiger charge is 2.28. The summed E-state index contributed by atoms with van der Waals surface area (Å²) in [7, 11) is 3.18. The van der Waals surface area contributed by atoms with Gasteiger partial charge in [0, 0.05) is 32.1 Å². The van der Waals surface area contributed by atoms with Crippen LogP contribution in [0.3, 0.4) is 0 Å². The average Bonchev–Trinajstić information content (AvgIpc) is 2.93. The van der Waals surface area contributed by atoms with Gasteiger partial charge in [-0.3, -0.25) is 14.6 Å². The number of hydrogen-bond acceptors (Lipinski definition) is 7. The molecule has 21 heavy (non-hydrogen) atoms. The second-order valence-electron chi connectivity index (χ2n) is 4.45. The zero-order valence-corrected chi connectivity index (χ0v) is 12.6. The largest absolute Gasteiger partial charge is 0.411 e. The molecule has 0 aliphatic rings. The maximum Gasteiger partial charge on any atom is 0.278 e. The number of ketones is 1. The molecule has 1 atom stereocenters. The maximum absolute atomic E-state index is 12.0. The summed E-state index contributed by atoms with van der Waals surface area (Å²) in [6, 6.07) is 3.46. The Kier molecular flexibility index (Phi) is 4.69. The number of pyridine rings is 1. The molecular weight excluding hydrogens is 292 g/mol. The summed E-state index contributed by atoms with van der Waals surface area (Å²) in [6.07, 6.45) is 3.22. The van der Waals surface area contributed by atoms with Crippen molar-refractivity contribution in [1.82, 2.24) is 20.1 Å². The molecule has 2 aromatic heterocycles. The zero-order valence-electron chi connectivity index (χ0n) is 11.8. The summed E-state index contributed by atoms with van der Waals surface area (Å²) < 4.78 is 5.47. The van der Waals surface area contributed by atoms with Crippen LogP contribution >= 0.6 is 11.8 Å². The van der Waals surface area contributed by atoms with Gasteiger partial charge in [-0.25, -0.2) is 0 Å². The second kappa shape index (κ2) is 6.49. The fourth-order valence-electron chi connectivity index (χ4n) is 1.51. The molecule has 0 N–H and O–H groups in total. The van der Waals surface area contributed by atoms with Gasteiger partial charge in [-0.05, 0) is 30.8 Å². The lowest BCUT2D eigenvalue weighted by atomic mass is 10.3. The highest BCUT2D eigenvalue weighted by Crippen LogP contribution is 2.27. The Labute approximate surface area is 125 Å². The summed E-state index contributed by atoms with van der Waals surface area (Å²) in [4.78, 5) is 28.8. The summed E-state index contributed by atoms with van der Waals surface area (Å²) in [5, 5.41) is 7.06. The van der Waals surface area contributed by atoms with Gasteiger partial charge < -0.3 is 9.32 Å². The summed E-state index contributed by atoms with van der Waals surface area (Å²) >= 11 is 0.952. The Morgan fingerprint density at radius 1 is 1.24 bits per heavy atom. The molecule has 0 saturated heterocycles. The summed E-state index contributed by atoms with van der Waals surface area (Å²) in [5.41, 5.74) is 0.725. The van der Waals surface area contributed by atoms with Crippen molar-refractivity contribution in [2.24, 2.45) is 0 Å². The molecule has 2 heterocycles. The van der Waals surface area contributed by atoms with E-state index < -0.39 is 5.25 Å². The van der Waals surface area contributed by atoms with Crippen molar-refractivity contribution < 1.29 is 14.0 Å². The minimum Gasteiger partial charge on any atom is -0.411 e. The van der Waals surface area contributed by atoms with Crippen LogP contribution in [0, 0.1) is 0 Å². The molecule has 0 bridgehead atoms. The van der Waals surface area contributed by atoms with Crippen molar-refractivity contribution in [3.8, 4) is 11.5 Å². The number of Topliss-reactive ketones (excluding diaryl/α,β-unsaturated/α-hetero) is 1. The van der Waals surface area contributed by atoms with Crippen LogP contribution in [0.4, 0.5) is 0 Å². The van der Waals surface area contributed by atoms with E-state index in [1.165, 1.54) is 11.8 Å². The Morgan fingerprint density at radius 3 is 2.48 bits per heavy atom. The molecule has 0 saturated carbocycles. The van der Waals surface area contributed by atoms with Crippen LogP contribution in [0.15, 0.2) is 34.2 Å². The smallest absolute Gasteiger partial charge is 0.278 e. The molecule has 7 nitrogen and oxygen atoms in total. The number of thioether (sulfide) groups is 1. The van der Waals surface area contributed by atoms with Crippen LogP contribution in [-0.2, 0) is 9.59 Å². The van der Waals surface area contributed by atoms with Crippen molar-refractivity contribution in [2.45, 2.75) is 17.4 Å². The Morgan fingerprint density at radius 2 is 1.90 bits per heavy atom. The first kappa shape index (κ1) is 15.2. The van der Waals surface area contributed by atoms with Crippen LogP contribution in [0.5, 0.6) is 0 Å². The predicted octanol–water partition coefficient (Wildman–Crippen LogP) is 1.27. The molecule has 0 radical (unpaired) electrons. The number of amides is 1. The van der Waals surface area contributed by atoms with Gasteiger partial charge in [0.05, 0.1) is 0 Å². The van der Waals surface area contributed by atoms with E-state index in [2.05, 4.69) is 15.2 Å². The van der Waals surface area contributed by atoms with Gasteiger partial charge in [0.1, 0.15) is 0 Å². The summed E-state index contributed by atoms with van der Waals surface area (Å²) in [5.74, 6) is -0.252. The van der Waals surface area contributed by atoms with Gasteiger partial charge >= 0.3 is 0 Å². The lowest BCUT2D eigenvalue weighted by Gasteiger charge is -2.15. The second-order valence-corrected chi connectivity index (χ2v) is 5.51. The fraction of sp³-hybridized carbons (Fsp3) is 0.308. The van der Waals surface area contributed by atoms with Crippen LogP contribution in [-0.4, -0.2) is 51.1 Å². The lowest BCUT2D eigenvalue weighted by Crippen LogP contribution is -2.35. The molecule has 0 fully saturated rings. The molecule has 0 aromatic carbocycles. The molecule has 0 aliphatic heterocycles. The maximum atomic E-state index is 12.0. The average molecular weight is 306 g/mol. The highest BCUT2D eigenvalue weighted by molar-refractivity contribution is 8.01. The van der Waals surface area contributed by atoms with E-state index in [0.29, 0.717) is 5.89 Å². The minimum atomic E-state index is -0.884. The Bertz CT molecular complexity index is 642. The Balaban J connectivity index is 2.18. The zero-order chi connectivity index (χ0) is 15.4. The molecule has 110 valence electrons. The number of hydrogen-bond donors (Lipinski definition) is 0. The van der Waals surface area contributed by atoms with Gasteiger partial charge in [0.2, 0.25) is 11.8 Å². The Hall–Kier alpha value is -2.22. The van der Waals surface area contributed by atoms with Crippen molar-refractivity contribution >= 4 is 23.5 Å². The molecule has 1 unspecified atom stereocenters. The van der Waals surface area contributed by atoms with Gasteiger partial charge in [-0.1, -0.05) is 0 Å². The van der Waals surface area contributed by atoms with Gasteiger partial charge in [0.25, 0.3) is 5.22 Å². The van der Waals surface area contributed by atoms with Crippen molar-refractivity contribution in [3.63, 3.8) is 0 Å². The van der Waals surface area contributed by atoms with Crippen molar-refractivity contribution in [1.29, 1.82) is 0 Å². The molecule has 0 spiro atoms. The first-order valence-electron chi connectivity index (χ1n) is 6.11. The quantitative estimate of drug-likeness (QED) is 0.607. The van der Waals surface area contributed by atoms with Gasteiger partial charge in [-0.15, -0.1) is 10.2 Å². The van der Waals surface area contributed by atoms with E-state index in [1.54, 1.807) is 38.6 Å². The SMILES string of the molecule is CC(=O)C(Sc1nnc(-c2ccncc2)o1)C(=O)N(C)C. The van der Waals surface area contributed by atoms with Crippen LogP contribution in [0.25, 0.3) is 11.5 Å². The first-order valence-corrected chi connectivity index (χ1v) is 6.99. The van der Waals surface area contributed by atoms with Gasteiger partial charge in [-0.2, -0.15) is 0 Å². The third kappa shape index (κ3) is 3.66. The normalized spacial score (nSPS) is 12.0. The molecular formula is C13H14N4O3S. The molecule has 2 rings (SSSR count). The predicted molar refractivity (Wildman–Crippen MR) is 76.5 cm³/mol. The third-order valence-corrected chi connectivity index (χ3v) is 3.72. The standard InChI is InChI=1S/C13H14N4O3S/c1-8(18)10(12(19)17(2)3)21-13-16-15-11(20-13)9-4-6-14-7-5-9/h4-7,10H,1-3H3. The van der Waals surface area contributed by atoms with E-state index in [9.17, 15) is 9.59 Å². The highest BCUT2D eigenvalue weighted by atomic mass is 32.2. The topological polar surface area (TPSA) is 89.2 Å². The van der Waals surface area contributed by atoms with Crippen LogP contribution in [0.2, 0.25) is 0 Å². The van der Waals surface area contributed by atoms with Crippen LogP contribution in [0.1, 0.15) is 6.92 Å². The summed E-state index contributed by atoms with van der Waals surface area (Å²) in [6.45, 7) is 1.36. The van der Waals surface area contributed by atoms with E-state index in [1.807, 2.05) is 0 Å². The number of carbonyl (C=O) groups is 2. The number of rotatable bonds is 5.